The van der Waals surface area contributed by atoms with Gasteiger partial charge in [0.15, 0.2) is 5.82 Å². The number of hydrogen-bond donors (Lipinski definition) is 0. The Kier molecular flexibility index (Phi) is 5.87. The molecule has 0 aliphatic carbocycles. The fourth-order valence-electron chi connectivity index (χ4n) is 5.13. The number of piperazine rings is 1. The van der Waals surface area contributed by atoms with E-state index >= 15 is 0 Å². The smallest absolute Gasteiger partial charge is 0.226 e. The molecule has 39 heavy (non-hydrogen) atoms. The largest absolute Gasteiger partial charge is 0.369 e. The zero-order valence-corrected chi connectivity index (χ0v) is 21.7. The number of nitrogens with zero attached hydrogens (tertiary/aromatic N) is 9. The molecule has 192 valence electrons. The van der Waals surface area contributed by atoms with E-state index in [0.29, 0.717) is 23.2 Å². The van der Waals surface area contributed by atoms with Gasteiger partial charge in [0.05, 0.1) is 11.7 Å². The van der Waals surface area contributed by atoms with Gasteiger partial charge in [0.25, 0.3) is 0 Å². The van der Waals surface area contributed by atoms with Crippen molar-refractivity contribution in [1.29, 1.82) is 0 Å². The third-order valence-electron chi connectivity index (χ3n) is 7.36. The summed E-state index contributed by atoms with van der Waals surface area (Å²) in [4.78, 5) is 25.6. The average Bonchev–Trinajstić information content (AvgIpc) is 3.61. The predicted octanol–water partition coefficient (Wildman–Crippen LogP) is 3.41. The van der Waals surface area contributed by atoms with Gasteiger partial charge in [-0.3, -0.25) is 0 Å². The highest BCUT2D eigenvalue weighted by molar-refractivity contribution is 5.79. The molecule has 0 bridgehead atoms. The Hall–Kier alpha value is -4.81. The second kappa shape index (κ2) is 9.82. The number of anilines is 2. The van der Waals surface area contributed by atoms with Gasteiger partial charge in [-0.15, -0.1) is 0 Å². The highest BCUT2D eigenvalue weighted by atomic mass is 15.3. The third-order valence-corrected chi connectivity index (χ3v) is 7.36. The zero-order valence-electron chi connectivity index (χ0n) is 21.7. The molecule has 5 heterocycles. The Labute approximate surface area is 226 Å². The van der Waals surface area contributed by atoms with Crippen LogP contribution in [-0.2, 0) is 13.1 Å². The Bertz CT molecular complexity index is 1720. The standard InChI is InChI=1S/C30H27N9/c1-36-14-16-37(17-15-36)26-7-6-23-20-38(21-24(23)18-26)30-32-12-9-27(35-30)29-31-11-8-25(34-29)10-13-39-28-5-3-2-4-22(28)19-33-39/h2-9,11-12,18-19H,14-17,20-21H2,1H3. The van der Waals surface area contributed by atoms with Crippen molar-refractivity contribution in [3.05, 3.63) is 90.0 Å². The quantitative estimate of drug-likeness (QED) is 0.340. The molecule has 1 saturated heterocycles. The summed E-state index contributed by atoms with van der Waals surface area (Å²) in [5.41, 5.74) is 6.18. The number of hydrogen-bond acceptors (Lipinski definition) is 8. The second-order valence-corrected chi connectivity index (χ2v) is 9.96. The minimum atomic E-state index is 0.518. The molecule has 0 spiro atoms. The monoisotopic (exact) mass is 513 g/mol. The maximum atomic E-state index is 4.83. The average molecular weight is 514 g/mol. The number of para-hydroxylation sites is 1. The first-order valence-electron chi connectivity index (χ1n) is 13.1. The van der Waals surface area contributed by atoms with Crippen molar-refractivity contribution in [1.82, 2.24) is 34.6 Å². The second-order valence-electron chi connectivity index (χ2n) is 9.96. The predicted molar refractivity (Wildman–Crippen MR) is 151 cm³/mol. The van der Waals surface area contributed by atoms with Gasteiger partial charge in [0.2, 0.25) is 5.95 Å². The van der Waals surface area contributed by atoms with E-state index in [1.807, 2.05) is 36.5 Å². The molecule has 0 radical (unpaired) electrons. The first-order chi connectivity index (χ1) is 19.2. The molecule has 0 atom stereocenters. The van der Waals surface area contributed by atoms with E-state index < -0.39 is 0 Å². The van der Waals surface area contributed by atoms with E-state index in [1.165, 1.54) is 16.8 Å². The summed E-state index contributed by atoms with van der Waals surface area (Å²) in [5.74, 6) is 4.30. The Morgan fingerprint density at radius 1 is 0.795 bits per heavy atom. The van der Waals surface area contributed by atoms with Crippen LogP contribution >= 0.6 is 0 Å². The summed E-state index contributed by atoms with van der Waals surface area (Å²) in [7, 11) is 2.18. The van der Waals surface area contributed by atoms with Crippen molar-refractivity contribution < 1.29 is 0 Å². The highest BCUT2D eigenvalue weighted by Gasteiger charge is 2.23. The van der Waals surface area contributed by atoms with Gasteiger partial charge in [-0.1, -0.05) is 24.3 Å². The number of fused-ring (bicyclic) bond motifs is 2. The molecule has 2 aliphatic heterocycles. The molecule has 2 aliphatic rings. The van der Waals surface area contributed by atoms with Crippen molar-refractivity contribution in [2.24, 2.45) is 0 Å². The first-order valence-corrected chi connectivity index (χ1v) is 13.1. The lowest BCUT2D eigenvalue weighted by Gasteiger charge is -2.34. The van der Waals surface area contributed by atoms with Crippen LogP contribution in [-0.4, -0.2) is 67.8 Å². The van der Waals surface area contributed by atoms with Gasteiger partial charge in [-0.25, -0.2) is 19.9 Å². The van der Waals surface area contributed by atoms with Gasteiger partial charge in [0, 0.05) is 68.8 Å². The Morgan fingerprint density at radius 3 is 2.56 bits per heavy atom. The topological polar surface area (TPSA) is 79.1 Å². The van der Waals surface area contributed by atoms with E-state index in [9.17, 15) is 0 Å². The fraction of sp³-hybridized carbons (Fsp3) is 0.233. The van der Waals surface area contributed by atoms with Crippen LogP contribution in [0.15, 0.2) is 73.2 Å². The van der Waals surface area contributed by atoms with Crippen LogP contribution in [0.5, 0.6) is 0 Å². The molecule has 0 N–H and O–H groups in total. The molecule has 5 aromatic rings. The SMILES string of the molecule is CN1CCN(c2ccc3c(c2)CN(c2nccc(-c4nccc(C#Cn5ncc6ccccc65)n4)n2)C3)CC1. The molecular weight excluding hydrogens is 486 g/mol. The minimum absolute atomic E-state index is 0.518. The molecule has 2 aromatic carbocycles. The maximum absolute atomic E-state index is 4.83. The van der Waals surface area contributed by atoms with Crippen LogP contribution < -0.4 is 9.80 Å². The Balaban J connectivity index is 1.10. The maximum Gasteiger partial charge on any atom is 0.226 e. The molecule has 0 saturated carbocycles. The molecular formula is C30H27N9. The van der Waals surface area contributed by atoms with E-state index in [2.05, 4.69) is 72.0 Å². The van der Waals surface area contributed by atoms with Crippen LogP contribution in [0.1, 0.15) is 16.8 Å². The third kappa shape index (κ3) is 4.67. The Morgan fingerprint density at radius 2 is 1.64 bits per heavy atom. The molecule has 9 nitrogen and oxygen atoms in total. The zero-order chi connectivity index (χ0) is 26.2. The molecule has 3 aromatic heterocycles. The lowest BCUT2D eigenvalue weighted by Crippen LogP contribution is -2.44. The summed E-state index contributed by atoms with van der Waals surface area (Å²) in [6.45, 7) is 5.88. The summed E-state index contributed by atoms with van der Waals surface area (Å²) in [5, 5.41) is 5.41. The van der Waals surface area contributed by atoms with Crippen LogP contribution in [0.2, 0.25) is 0 Å². The number of aromatic nitrogens is 6. The first kappa shape index (κ1) is 23.3. The highest BCUT2D eigenvalue weighted by Crippen LogP contribution is 2.30. The van der Waals surface area contributed by atoms with E-state index in [1.54, 1.807) is 23.1 Å². The van der Waals surface area contributed by atoms with Crippen molar-refractivity contribution in [3.8, 4) is 23.5 Å². The van der Waals surface area contributed by atoms with Crippen LogP contribution in [0.25, 0.3) is 22.4 Å². The van der Waals surface area contributed by atoms with Crippen LogP contribution in [0, 0.1) is 12.0 Å². The minimum Gasteiger partial charge on any atom is -0.369 e. The van der Waals surface area contributed by atoms with Gasteiger partial charge in [-0.2, -0.15) is 9.78 Å². The van der Waals surface area contributed by atoms with Gasteiger partial charge >= 0.3 is 0 Å². The van der Waals surface area contributed by atoms with Crippen molar-refractivity contribution in [2.75, 3.05) is 43.0 Å². The normalized spacial score (nSPS) is 15.3. The van der Waals surface area contributed by atoms with E-state index in [-0.39, 0.29) is 0 Å². The van der Waals surface area contributed by atoms with Crippen molar-refractivity contribution in [3.63, 3.8) is 0 Å². The van der Waals surface area contributed by atoms with Crippen LogP contribution in [0.4, 0.5) is 11.6 Å². The summed E-state index contributed by atoms with van der Waals surface area (Å²) in [6.07, 6.45) is 5.29. The fourth-order valence-corrected chi connectivity index (χ4v) is 5.13. The number of likely N-dealkylation sites (N-methyl/N-ethyl adjacent to an activating group) is 1. The van der Waals surface area contributed by atoms with Gasteiger partial charge in [-0.05, 0) is 54.4 Å². The van der Waals surface area contributed by atoms with Crippen molar-refractivity contribution in [2.45, 2.75) is 13.1 Å². The number of rotatable bonds is 3. The van der Waals surface area contributed by atoms with E-state index in [0.717, 1.165) is 50.2 Å². The summed E-state index contributed by atoms with van der Waals surface area (Å²) in [6, 6.07) is 21.5. The van der Waals surface area contributed by atoms with E-state index in [4.69, 9.17) is 4.98 Å². The molecule has 0 unspecified atom stereocenters. The van der Waals surface area contributed by atoms with Crippen LogP contribution in [0.3, 0.4) is 0 Å². The van der Waals surface area contributed by atoms with Gasteiger partial charge in [0.1, 0.15) is 11.4 Å². The summed E-state index contributed by atoms with van der Waals surface area (Å²) < 4.78 is 1.67. The molecule has 0 amide bonds. The van der Waals surface area contributed by atoms with Crippen molar-refractivity contribution >= 4 is 22.5 Å². The molecule has 9 heteroatoms. The van der Waals surface area contributed by atoms with Gasteiger partial charge < -0.3 is 14.7 Å². The number of benzene rings is 2. The molecule has 1 fully saturated rings. The lowest BCUT2D eigenvalue weighted by atomic mass is 10.1. The lowest BCUT2D eigenvalue weighted by molar-refractivity contribution is 0.313. The molecule has 7 rings (SSSR count). The summed E-state index contributed by atoms with van der Waals surface area (Å²) >= 11 is 0.